The van der Waals surface area contributed by atoms with Gasteiger partial charge in [-0.05, 0) is 25.8 Å². The molecule has 1 saturated heterocycles. The predicted molar refractivity (Wildman–Crippen MR) is 70.6 cm³/mol. The highest BCUT2D eigenvalue weighted by Crippen LogP contribution is 2.34. The van der Waals surface area contributed by atoms with Crippen LogP contribution in [0.25, 0.3) is 11.5 Å². The van der Waals surface area contributed by atoms with Gasteiger partial charge in [0.2, 0.25) is 11.7 Å². The van der Waals surface area contributed by atoms with E-state index in [0.29, 0.717) is 5.82 Å². The average molecular weight is 261 g/mol. The van der Waals surface area contributed by atoms with Crippen LogP contribution in [0.3, 0.4) is 0 Å². The normalized spacial score (nSPS) is 23.7. The van der Waals surface area contributed by atoms with Crippen molar-refractivity contribution in [3.63, 3.8) is 0 Å². The van der Waals surface area contributed by atoms with Gasteiger partial charge >= 0.3 is 0 Å². The molecule has 3 rings (SSSR count). The van der Waals surface area contributed by atoms with Crippen LogP contribution in [0.4, 0.5) is 0 Å². The molecule has 1 aliphatic heterocycles. The van der Waals surface area contributed by atoms with Crippen molar-refractivity contribution >= 4 is 0 Å². The minimum atomic E-state index is -0.0118. The van der Waals surface area contributed by atoms with Crippen LogP contribution in [0, 0.1) is 0 Å². The standard InChI is InChI=1S/C13H19N5O/c1-3-13(5-4-6-14-8-13)12-16-11(17-19-12)10-7-15-9-18(10)2/h7,9,14H,3-6,8H2,1-2H3. The second-order valence-corrected chi connectivity index (χ2v) is 5.23. The van der Waals surface area contributed by atoms with Crippen molar-refractivity contribution in [2.45, 2.75) is 31.6 Å². The largest absolute Gasteiger partial charge is 0.338 e. The first-order chi connectivity index (χ1) is 9.25. The molecule has 0 bridgehead atoms. The van der Waals surface area contributed by atoms with Gasteiger partial charge in [-0.1, -0.05) is 12.1 Å². The highest BCUT2D eigenvalue weighted by atomic mass is 16.5. The van der Waals surface area contributed by atoms with E-state index < -0.39 is 0 Å². The molecule has 0 amide bonds. The Morgan fingerprint density at radius 3 is 3.05 bits per heavy atom. The van der Waals surface area contributed by atoms with E-state index in [2.05, 4.69) is 27.4 Å². The third-order valence-corrected chi connectivity index (χ3v) is 4.07. The van der Waals surface area contributed by atoms with Crippen molar-refractivity contribution in [3.8, 4) is 11.5 Å². The first-order valence-electron chi connectivity index (χ1n) is 6.77. The van der Waals surface area contributed by atoms with Crippen LogP contribution in [0.2, 0.25) is 0 Å². The molecule has 2 aromatic heterocycles. The maximum atomic E-state index is 5.53. The van der Waals surface area contributed by atoms with Gasteiger partial charge in [-0.2, -0.15) is 4.98 Å². The Labute approximate surface area is 112 Å². The molecule has 0 aliphatic carbocycles. The number of rotatable bonds is 3. The Balaban J connectivity index is 1.94. The molecule has 6 nitrogen and oxygen atoms in total. The Morgan fingerprint density at radius 1 is 1.53 bits per heavy atom. The Hall–Kier alpha value is -1.69. The van der Waals surface area contributed by atoms with E-state index in [4.69, 9.17) is 4.52 Å². The van der Waals surface area contributed by atoms with Crippen LogP contribution >= 0.6 is 0 Å². The summed E-state index contributed by atoms with van der Waals surface area (Å²) in [5, 5.41) is 7.55. The van der Waals surface area contributed by atoms with Crippen LogP contribution in [0.1, 0.15) is 32.1 Å². The highest BCUT2D eigenvalue weighted by molar-refractivity contribution is 5.47. The number of nitrogens with one attached hydrogen (secondary N) is 1. The van der Waals surface area contributed by atoms with E-state index >= 15 is 0 Å². The van der Waals surface area contributed by atoms with E-state index in [1.165, 1.54) is 0 Å². The maximum Gasteiger partial charge on any atom is 0.234 e. The summed E-state index contributed by atoms with van der Waals surface area (Å²) < 4.78 is 7.43. The molecule has 1 atom stereocenters. The van der Waals surface area contributed by atoms with Crippen LogP contribution < -0.4 is 5.32 Å². The van der Waals surface area contributed by atoms with E-state index in [0.717, 1.165) is 43.9 Å². The van der Waals surface area contributed by atoms with Crippen molar-refractivity contribution in [3.05, 3.63) is 18.4 Å². The molecular weight excluding hydrogens is 242 g/mol. The zero-order valence-corrected chi connectivity index (χ0v) is 11.4. The number of nitrogens with zero attached hydrogens (tertiary/aromatic N) is 4. The quantitative estimate of drug-likeness (QED) is 0.906. The molecule has 1 aliphatic rings. The second kappa shape index (κ2) is 4.77. The fraction of sp³-hybridized carbons (Fsp3) is 0.615. The van der Waals surface area contributed by atoms with Crippen molar-refractivity contribution in [2.75, 3.05) is 13.1 Å². The zero-order valence-electron chi connectivity index (χ0n) is 11.4. The number of imidazole rings is 1. The van der Waals surface area contributed by atoms with Crippen molar-refractivity contribution in [2.24, 2.45) is 7.05 Å². The summed E-state index contributed by atoms with van der Waals surface area (Å²) in [6, 6.07) is 0. The van der Waals surface area contributed by atoms with Crippen LogP contribution in [-0.4, -0.2) is 32.8 Å². The molecule has 0 aromatic carbocycles. The molecule has 3 heterocycles. The maximum absolute atomic E-state index is 5.53. The van der Waals surface area contributed by atoms with Crippen LogP contribution in [-0.2, 0) is 12.5 Å². The van der Waals surface area contributed by atoms with E-state index in [1.807, 2.05) is 11.6 Å². The van der Waals surface area contributed by atoms with Gasteiger partial charge in [0.15, 0.2) is 0 Å². The third-order valence-electron chi connectivity index (χ3n) is 4.07. The molecule has 0 spiro atoms. The molecule has 1 fully saturated rings. The molecule has 1 N–H and O–H groups in total. The lowest BCUT2D eigenvalue weighted by Gasteiger charge is -2.33. The number of hydrogen-bond donors (Lipinski definition) is 1. The number of hydrogen-bond acceptors (Lipinski definition) is 5. The average Bonchev–Trinajstić information content (AvgIpc) is 3.08. The SMILES string of the molecule is CCC1(c2nc(-c3cncn3C)no2)CCCNC1. The van der Waals surface area contributed by atoms with Crippen LogP contribution in [0.15, 0.2) is 17.0 Å². The monoisotopic (exact) mass is 261 g/mol. The molecular formula is C13H19N5O. The molecule has 0 saturated carbocycles. The fourth-order valence-electron chi connectivity index (χ4n) is 2.72. The number of aromatic nitrogens is 4. The lowest BCUT2D eigenvalue weighted by molar-refractivity contribution is 0.221. The number of piperidine rings is 1. The topological polar surface area (TPSA) is 68.8 Å². The van der Waals surface area contributed by atoms with Crippen molar-refractivity contribution in [1.82, 2.24) is 25.0 Å². The Morgan fingerprint density at radius 2 is 2.42 bits per heavy atom. The van der Waals surface area contributed by atoms with Gasteiger partial charge in [-0.3, -0.25) is 0 Å². The molecule has 2 aromatic rings. The molecule has 19 heavy (non-hydrogen) atoms. The number of aryl methyl sites for hydroxylation is 1. The van der Waals surface area contributed by atoms with Crippen molar-refractivity contribution < 1.29 is 4.52 Å². The Kier molecular flexibility index (Phi) is 3.10. The van der Waals surface area contributed by atoms with Crippen molar-refractivity contribution in [1.29, 1.82) is 0 Å². The van der Waals surface area contributed by atoms with Crippen LogP contribution in [0.5, 0.6) is 0 Å². The smallest absolute Gasteiger partial charge is 0.234 e. The Bertz CT molecular complexity index is 553. The molecule has 1 unspecified atom stereocenters. The van der Waals surface area contributed by atoms with Gasteiger partial charge in [-0.25, -0.2) is 4.98 Å². The summed E-state index contributed by atoms with van der Waals surface area (Å²) in [4.78, 5) is 8.69. The van der Waals surface area contributed by atoms with Gasteiger partial charge in [-0.15, -0.1) is 0 Å². The summed E-state index contributed by atoms with van der Waals surface area (Å²) >= 11 is 0. The van der Waals surface area contributed by atoms with Gasteiger partial charge < -0.3 is 14.4 Å². The summed E-state index contributed by atoms with van der Waals surface area (Å²) in [5.41, 5.74) is 0.868. The van der Waals surface area contributed by atoms with E-state index in [1.54, 1.807) is 12.5 Å². The van der Waals surface area contributed by atoms with Gasteiger partial charge in [0, 0.05) is 13.6 Å². The van der Waals surface area contributed by atoms with Gasteiger partial charge in [0.05, 0.1) is 17.9 Å². The van der Waals surface area contributed by atoms with E-state index in [-0.39, 0.29) is 5.41 Å². The first kappa shape index (κ1) is 12.3. The third kappa shape index (κ3) is 2.06. The summed E-state index contributed by atoms with van der Waals surface area (Å²) in [5.74, 6) is 1.37. The molecule has 6 heteroatoms. The summed E-state index contributed by atoms with van der Waals surface area (Å²) in [6.07, 6.45) is 6.75. The minimum Gasteiger partial charge on any atom is -0.338 e. The lowest BCUT2D eigenvalue weighted by Crippen LogP contribution is -2.43. The van der Waals surface area contributed by atoms with Gasteiger partial charge in [0.25, 0.3) is 0 Å². The molecule has 0 radical (unpaired) electrons. The molecule has 102 valence electrons. The summed E-state index contributed by atoms with van der Waals surface area (Å²) in [7, 11) is 1.93. The fourth-order valence-corrected chi connectivity index (χ4v) is 2.72. The van der Waals surface area contributed by atoms with Gasteiger partial charge in [0.1, 0.15) is 5.69 Å². The zero-order chi connectivity index (χ0) is 13.3. The summed E-state index contributed by atoms with van der Waals surface area (Å²) in [6.45, 7) is 4.17. The second-order valence-electron chi connectivity index (χ2n) is 5.23. The lowest BCUT2D eigenvalue weighted by atomic mass is 9.78. The predicted octanol–water partition coefficient (Wildman–Crippen LogP) is 1.50. The minimum absolute atomic E-state index is 0.0118. The highest BCUT2D eigenvalue weighted by Gasteiger charge is 2.37. The first-order valence-corrected chi connectivity index (χ1v) is 6.77. The van der Waals surface area contributed by atoms with E-state index in [9.17, 15) is 0 Å².